The summed E-state index contributed by atoms with van der Waals surface area (Å²) in [7, 11) is -4.24. The molecule has 10 heteroatoms. The molecule has 0 saturated heterocycles. The maximum atomic E-state index is 14.6. The summed E-state index contributed by atoms with van der Waals surface area (Å²) < 4.78 is 29.5. The van der Waals surface area contributed by atoms with Crippen LogP contribution >= 0.6 is 23.2 Å². The molecule has 46 heavy (non-hydrogen) atoms. The molecule has 0 heterocycles. The van der Waals surface area contributed by atoms with Crippen LogP contribution in [-0.4, -0.2) is 43.3 Å². The van der Waals surface area contributed by atoms with Gasteiger partial charge in [-0.25, -0.2) is 8.42 Å². The maximum absolute atomic E-state index is 14.6. The molecule has 4 aromatic rings. The minimum absolute atomic E-state index is 0.0200. The molecule has 2 amide bonds. The minimum atomic E-state index is -4.24. The summed E-state index contributed by atoms with van der Waals surface area (Å²) in [5.41, 5.74) is 2.73. The zero-order chi connectivity index (χ0) is 33.6. The van der Waals surface area contributed by atoms with Crippen LogP contribution in [0.4, 0.5) is 5.69 Å². The lowest BCUT2D eigenvalue weighted by molar-refractivity contribution is -0.140. The highest BCUT2D eigenvalue weighted by molar-refractivity contribution is 7.92. The van der Waals surface area contributed by atoms with E-state index < -0.39 is 34.1 Å². The maximum Gasteiger partial charge on any atom is 0.264 e. The van der Waals surface area contributed by atoms with Gasteiger partial charge in [-0.15, -0.1) is 0 Å². The normalized spacial score (nSPS) is 12.3. The number of benzene rings is 4. The largest absolute Gasteiger partial charge is 0.350 e. The first-order valence-corrected chi connectivity index (χ1v) is 17.1. The van der Waals surface area contributed by atoms with Crippen LogP contribution < -0.4 is 9.62 Å². The van der Waals surface area contributed by atoms with Gasteiger partial charge in [0, 0.05) is 28.5 Å². The third-order valence-corrected chi connectivity index (χ3v) is 9.96. The van der Waals surface area contributed by atoms with Crippen LogP contribution in [0.2, 0.25) is 10.0 Å². The van der Waals surface area contributed by atoms with Crippen molar-refractivity contribution in [3.05, 3.63) is 129 Å². The van der Waals surface area contributed by atoms with E-state index in [0.717, 1.165) is 21.0 Å². The smallest absolute Gasteiger partial charge is 0.264 e. The molecule has 0 spiro atoms. The zero-order valence-corrected chi connectivity index (χ0v) is 29.0. The van der Waals surface area contributed by atoms with Gasteiger partial charge in [0.05, 0.1) is 10.6 Å². The Morgan fingerprint density at radius 3 is 2.07 bits per heavy atom. The van der Waals surface area contributed by atoms with E-state index >= 15 is 0 Å². The van der Waals surface area contributed by atoms with E-state index in [1.54, 1.807) is 48.5 Å². The molecule has 4 rings (SSSR count). The summed E-state index contributed by atoms with van der Waals surface area (Å²) in [4.78, 5) is 30.0. The standard InChI is InChI=1S/C36H39Cl2N3O4S/c1-25-15-19-30(20-16-25)46(44,45)41(29-18-17-26(2)32(38)22-29)24-34(42)40(23-28-13-9-10-14-31(28)37)33(35(43)39-36(3,4)5)21-27-11-7-6-8-12-27/h6-20,22,33H,21,23-24H2,1-5H3,(H,39,43). The predicted molar refractivity (Wildman–Crippen MR) is 186 cm³/mol. The highest BCUT2D eigenvalue weighted by Gasteiger charge is 2.36. The van der Waals surface area contributed by atoms with E-state index in [-0.39, 0.29) is 29.5 Å². The summed E-state index contributed by atoms with van der Waals surface area (Å²) in [5.74, 6) is -0.958. The number of carbonyl (C=O) groups excluding carboxylic acids is 2. The molecule has 0 aliphatic carbocycles. The van der Waals surface area contributed by atoms with Crippen LogP contribution in [0.3, 0.4) is 0 Å². The lowest BCUT2D eigenvalue weighted by Gasteiger charge is -2.35. The number of sulfonamides is 1. The number of nitrogens with one attached hydrogen (secondary N) is 1. The third-order valence-electron chi connectivity index (χ3n) is 7.40. The summed E-state index contributed by atoms with van der Waals surface area (Å²) in [6, 6.07) is 26.7. The molecule has 242 valence electrons. The Labute approximate surface area is 282 Å². The monoisotopic (exact) mass is 679 g/mol. The quantitative estimate of drug-likeness (QED) is 0.179. The Bertz CT molecular complexity index is 1790. The van der Waals surface area contributed by atoms with Crippen molar-refractivity contribution >= 4 is 50.7 Å². The Morgan fingerprint density at radius 1 is 0.826 bits per heavy atom. The van der Waals surface area contributed by atoms with Crippen LogP contribution in [0.5, 0.6) is 0 Å². The Morgan fingerprint density at radius 2 is 1.46 bits per heavy atom. The number of carbonyl (C=O) groups is 2. The number of nitrogens with zero attached hydrogens (tertiary/aromatic N) is 2. The van der Waals surface area contributed by atoms with Crippen LogP contribution in [0.15, 0.2) is 102 Å². The van der Waals surface area contributed by atoms with Gasteiger partial charge in [-0.05, 0) is 81.6 Å². The zero-order valence-electron chi connectivity index (χ0n) is 26.6. The molecule has 1 atom stereocenters. The average Bonchev–Trinajstić information content (AvgIpc) is 2.99. The number of aryl methyl sites for hydroxylation is 2. The molecule has 0 fully saturated rings. The topological polar surface area (TPSA) is 86.8 Å². The average molecular weight is 681 g/mol. The minimum Gasteiger partial charge on any atom is -0.350 e. The second kappa shape index (κ2) is 14.7. The lowest BCUT2D eigenvalue weighted by Crippen LogP contribution is -2.56. The molecule has 0 aliphatic rings. The number of halogens is 2. The molecule has 1 unspecified atom stereocenters. The van der Waals surface area contributed by atoms with E-state index in [1.807, 2.05) is 65.0 Å². The van der Waals surface area contributed by atoms with E-state index in [9.17, 15) is 18.0 Å². The van der Waals surface area contributed by atoms with Crippen molar-refractivity contribution in [2.24, 2.45) is 0 Å². The van der Waals surface area contributed by atoms with Gasteiger partial charge in [0.2, 0.25) is 11.8 Å². The van der Waals surface area contributed by atoms with Crippen LogP contribution in [0.25, 0.3) is 0 Å². The van der Waals surface area contributed by atoms with E-state index in [0.29, 0.717) is 15.6 Å². The Balaban J connectivity index is 1.84. The molecule has 0 radical (unpaired) electrons. The van der Waals surface area contributed by atoms with Crippen molar-refractivity contribution in [2.75, 3.05) is 10.8 Å². The van der Waals surface area contributed by atoms with Gasteiger partial charge in [0.1, 0.15) is 12.6 Å². The summed E-state index contributed by atoms with van der Waals surface area (Å²) in [5, 5.41) is 3.80. The number of hydrogen-bond acceptors (Lipinski definition) is 4. The van der Waals surface area contributed by atoms with E-state index in [4.69, 9.17) is 23.2 Å². The molecule has 0 bridgehead atoms. The fourth-order valence-electron chi connectivity index (χ4n) is 4.92. The number of hydrogen-bond donors (Lipinski definition) is 1. The predicted octanol–water partition coefficient (Wildman–Crippen LogP) is 7.36. The molecule has 0 aromatic heterocycles. The van der Waals surface area contributed by atoms with Gasteiger partial charge in [-0.3, -0.25) is 13.9 Å². The van der Waals surface area contributed by atoms with Crippen LogP contribution in [0, 0.1) is 13.8 Å². The fraction of sp³-hybridized carbons (Fsp3) is 0.278. The van der Waals surface area contributed by atoms with Gasteiger partial charge in [0.25, 0.3) is 10.0 Å². The van der Waals surface area contributed by atoms with Crippen molar-refractivity contribution in [1.82, 2.24) is 10.2 Å². The second-order valence-corrected chi connectivity index (χ2v) is 15.0. The lowest BCUT2D eigenvalue weighted by atomic mass is 10.0. The van der Waals surface area contributed by atoms with Crippen molar-refractivity contribution in [3.8, 4) is 0 Å². The van der Waals surface area contributed by atoms with Gasteiger partial charge in [-0.2, -0.15) is 0 Å². The SMILES string of the molecule is Cc1ccc(S(=O)(=O)N(CC(=O)N(Cc2ccccc2Cl)C(Cc2ccccc2)C(=O)NC(C)(C)C)c2ccc(C)c(Cl)c2)cc1. The molecule has 7 nitrogen and oxygen atoms in total. The van der Waals surface area contributed by atoms with Crippen molar-refractivity contribution in [2.45, 2.75) is 64.1 Å². The van der Waals surface area contributed by atoms with Gasteiger partial charge in [-0.1, -0.05) is 95.5 Å². The Hall–Kier alpha value is -3.85. The highest BCUT2D eigenvalue weighted by Crippen LogP contribution is 2.29. The molecular formula is C36H39Cl2N3O4S. The first kappa shape index (κ1) is 35.0. The number of rotatable bonds is 11. The Kier molecular flexibility index (Phi) is 11.2. The van der Waals surface area contributed by atoms with E-state index in [1.165, 1.54) is 23.1 Å². The van der Waals surface area contributed by atoms with Crippen LogP contribution in [0.1, 0.15) is 43.0 Å². The molecular weight excluding hydrogens is 641 g/mol. The van der Waals surface area contributed by atoms with Gasteiger partial charge >= 0.3 is 0 Å². The molecule has 4 aromatic carbocycles. The summed E-state index contributed by atoms with van der Waals surface area (Å²) >= 11 is 13.0. The summed E-state index contributed by atoms with van der Waals surface area (Å²) in [6.07, 6.45) is 0.194. The molecule has 0 aliphatic heterocycles. The first-order chi connectivity index (χ1) is 21.7. The first-order valence-electron chi connectivity index (χ1n) is 14.9. The van der Waals surface area contributed by atoms with Crippen molar-refractivity contribution in [3.63, 3.8) is 0 Å². The van der Waals surface area contributed by atoms with Crippen molar-refractivity contribution in [1.29, 1.82) is 0 Å². The molecule has 1 N–H and O–H groups in total. The highest BCUT2D eigenvalue weighted by atomic mass is 35.5. The van der Waals surface area contributed by atoms with Gasteiger partial charge in [0.15, 0.2) is 0 Å². The third kappa shape index (κ3) is 8.90. The fourth-order valence-corrected chi connectivity index (χ4v) is 6.70. The summed E-state index contributed by atoms with van der Waals surface area (Å²) in [6.45, 7) is 8.64. The van der Waals surface area contributed by atoms with E-state index in [2.05, 4.69) is 5.32 Å². The van der Waals surface area contributed by atoms with Crippen molar-refractivity contribution < 1.29 is 18.0 Å². The number of anilines is 1. The molecule has 0 saturated carbocycles. The van der Waals surface area contributed by atoms with Gasteiger partial charge < -0.3 is 10.2 Å². The second-order valence-electron chi connectivity index (χ2n) is 12.3. The number of amides is 2. The van der Waals surface area contributed by atoms with Crippen LogP contribution in [-0.2, 0) is 32.6 Å².